The van der Waals surface area contributed by atoms with E-state index in [-0.39, 0.29) is 12.3 Å². The highest BCUT2D eigenvalue weighted by Gasteiger charge is 2.16. The van der Waals surface area contributed by atoms with E-state index < -0.39 is 5.97 Å². The number of aliphatic carboxylic acids is 1. The number of fused-ring (bicyclic) bond motifs is 1. The van der Waals surface area contributed by atoms with E-state index in [1.807, 2.05) is 6.07 Å². The molecule has 1 aromatic heterocycles. The third kappa shape index (κ3) is 2.36. The molecule has 2 heterocycles. The average molecular weight is 220 g/mol. The Kier molecular flexibility index (Phi) is 2.85. The van der Waals surface area contributed by atoms with Crippen LogP contribution in [0, 0.1) is 0 Å². The zero-order chi connectivity index (χ0) is 11.5. The second-order valence-electron chi connectivity index (χ2n) is 3.79. The number of aryl methyl sites for hydroxylation is 2. The number of hydrogen-bond donors (Lipinski definition) is 2. The minimum atomic E-state index is -0.814. The Morgan fingerprint density at radius 2 is 2.31 bits per heavy atom. The van der Waals surface area contributed by atoms with Gasteiger partial charge in [0.15, 0.2) is 0 Å². The molecule has 1 aliphatic heterocycles. The number of nitrogens with zero attached hydrogens (tertiary/aromatic N) is 1. The molecule has 2 N–H and O–H groups in total. The number of carboxylic acids is 1. The summed E-state index contributed by atoms with van der Waals surface area (Å²) in [5.41, 5.74) is 1.89. The van der Waals surface area contributed by atoms with Gasteiger partial charge in [0.25, 0.3) is 0 Å². The molecule has 0 bridgehead atoms. The van der Waals surface area contributed by atoms with Crippen LogP contribution in [0.5, 0.6) is 0 Å². The summed E-state index contributed by atoms with van der Waals surface area (Å²) in [5.74, 6) is -0.223. The van der Waals surface area contributed by atoms with Crippen LogP contribution in [-0.4, -0.2) is 22.0 Å². The average Bonchev–Trinajstić information content (AvgIpc) is 2.26. The van der Waals surface area contributed by atoms with E-state index in [4.69, 9.17) is 5.11 Å². The number of nitrogens with one attached hydrogen (secondary N) is 1. The van der Waals surface area contributed by atoms with E-state index in [1.165, 1.54) is 0 Å². The van der Waals surface area contributed by atoms with Crippen LogP contribution in [0.3, 0.4) is 0 Å². The number of amides is 1. The van der Waals surface area contributed by atoms with E-state index in [9.17, 15) is 9.59 Å². The van der Waals surface area contributed by atoms with Gasteiger partial charge in [-0.2, -0.15) is 0 Å². The lowest BCUT2D eigenvalue weighted by molar-refractivity contribution is -0.137. The first-order valence-electron chi connectivity index (χ1n) is 5.14. The van der Waals surface area contributed by atoms with Crippen LogP contribution in [0.15, 0.2) is 12.3 Å². The first-order valence-corrected chi connectivity index (χ1v) is 5.14. The van der Waals surface area contributed by atoms with Gasteiger partial charge in [0.1, 0.15) is 5.82 Å². The molecule has 0 saturated heterocycles. The molecule has 1 amide bonds. The molecule has 0 aromatic carbocycles. The van der Waals surface area contributed by atoms with Crippen LogP contribution in [0.1, 0.15) is 24.0 Å². The maximum Gasteiger partial charge on any atom is 0.303 e. The maximum absolute atomic E-state index is 11.1. The Hall–Kier alpha value is -1.91. The van der Waals surface area contributed by atoms with Crippen molar-refractivity contribution in [2.45, 2.75) is 25.7 Å². The van der Waals surface area contributed by atoms with Crippen molar-refractivity contribution in [3.63, 3.8) is 0 Å². The largest absolute Gasteiger partial charge is 0.481 e. The molecule has 84 valence electrons. The fourth-order valence-corrected chi connectivity index (χ4v) is 1.69. The number of rotatable bonds is 3. The zero-order valence-corrected chi connectivity index (χ0v) is 8.69. The van der Waals surface area contributed by atoms with Gasteiger partial charge < -0.3 is 10.4 Å². The van der Waals surface area contributed by atoms with Crippen LogP contribution in [0.25, 0.3) is 0 Å². The lowest BCUT2D eigenvalue weighted by Gasteiger charge is -2.16. The molecule has 0 radical (unpaired) electrons. The summed E-state index contributed by atoms with van der Waals surface area (Å²) < 4.78 is 0. The number of hydrogen-bond acceptors (Lipinski definition) is 3. The number of pyridine rings is 1. The van der Waals surface area contributed by atoms with Crippen LogP contribution in [0.2, 0.25) is 0 Å². The molecule has 5 heteroatoms. The predicted molar refractivity (Wildman–Crippen MR) is 57.1 cm³/mol. The first kappa shape index (κ1) is 10.6. The van der Waals surface area contributed by atoms with E-state index in [1.54, 1.807) is 6.20 Å². The normalized spacial score (nSPS) is 14.1. The van der Waals surface area contributed by atoms with E-state index >= 15 is 0 Å². The Balaban J connectivity index is 2.13. The van der Waals surface area contributed by atoms with Crippen molar-refractivity contribution in [1.82, 2.24) is 4.98 Å². The molecule has 0 unspecified atom stereocenters. The van der Waals surface area contributed by atoms with Gasteiger partial charge in [-0.1, -0.05) is 6.07 Å². The van der Waals surface area contributed by atoms with Gasteiger partial charge >= 0.3 is 5.97 Å². The maximum atomic E-state index is 11.1. The van der Waals surface area contributed by atoms with Crippen molar-refractivity contribution in [1.29, 1.82) is 0 Å². The van der Waals surface area contributed by atoms with Crippen molar-refractivity contribution < 1.29 is 14.7 Å². The van der Waals surface area contributed by atoms with Gasteiger partial charge in [-0.25, -0.2) is 4.98 Å². The number of carbonyl (C=O) groups is 2. The number of carbonyl (C=O) groups excluding carboxylic acids is 1. The summed E-state index contributed by atoms with van der Waals surface area (Å²) in [7, 11) is 0. The summed E-state index contributed by atoms with van der Waals surface area (Å²) in [4.78, 5) is 25.6. The lowest BCUT2D eigenvalue weighted by atomic mass is 10.0. The Morgan fingerprint density at radius 1 is 1.50 bits per heavy atom. The molecule has 0 saturated carbocycles. The molecule has 0 spiro atoms. The van der Waals surface area contributed by atoms with Crippen molar-refractivity contribution in [3.05, 3.63) is 23.4 Å². The third-order valence-corrected chi connectivity index (χ3v) is 2.53. The molecule has 0 atom stereocenters. The quantitative estimate of drug-likeness (QED) is 0.795. The van der Waals surface area contributed by atoms with E-state index in [0.29, 0.717) is 25.1 Å². The van der Waals surface area contributed by atoms with Crippen molar-refractivity contribution in [2.75, 3.05) is 5.32 Å². The molecule has 2 rings (SSSR count). The minimum absolute atomic E-state index is 0.0155. The van der Waals surface area contributed by atoms with Gasteiger partial charge in [0.05, 0.1) is 0 Å². The summed E-state index contributed by atoms with van der Waals surface area (Å²) in [6.07, 6.45) is 3.34. The summed E-state index contributed by atoms with van der Waals surface area (Å²) in [6.45, 7) is 0. The van der Waals surface area contributed by atoms with Gasteiger partial charge in [-0.3, -0.25) is 9.59 Å². The molecule has 0 aliphatic carbocycles. The molecule has 5 nitrogen and oxygen atoms in total. The molecular formula is C11H12N2O3. The third-order valence-electron chi connectivity index (χ3n) is 2.53. The van der Waals surface area contributed by atoms with Crippen molar-refractivity contribution >= 4 is 17.7 Å². The molecule has 1 aromatic rings. The van der Waals surface area contributed by atoms with Crippen LogP contribution in [-0.2, 0) is 22.4 Å². The highest BCUT2D eigenvalue weighted by Crippen LogP contribution is 2.21. The number of anilines is 1. The highest BCUT2D eigenvalue weighted by molar-refractivity contribution is 5.92. The van der Waals surface area contributed by atoms with Crippen LogP contribution < -0.4 is 5.32 Å². The smallest absolute Gasteiger partial charge is 0.303 e. The van der Waals surface area contributed by atoms with Gasteiger partial charge in [0, 0.05) is 19.0 Å². The second-order valence-corrected chi connectivity index (χ2v) is 3.79. The highest BCUT2D eigenvalue weighted by atomic mass is 16.4. The summed E-state index contributed by atoms with van der Waals surface area (Å²) >= 11 is 0. The SMILES string of the molecule is O=C(O)CCc1cnc2c(c1)CCC(=O)N2. The van der Waals surface area contributed by atoms with Crippen molar-refractivity contribution in [3.8, 4) is 0 Å². The standard InChI is InChI=1S/C11H12N2O3/c14-9-3-2-8-5-7(1-4-10(15)16)6-12-11(8)13-9/h5-6H,1-4H2,(H,15,16)(H,12,13,14). The van der Waals surface area contributed by atoms with E-state index in [0.717, 1.165) is 11.1 Å². The van der Waals surface area contributed by atoms with Gasteiger partial charge in [-0.05, 0) is 24.0 Å². The van der Waals surface area contributed by atoms with Gasteiger partial charge in [0.2, 0.25) is 5.91 Å². The predicted octanol–water partition coefficient (Wildman–Crippen LogP) is 0.983. The zero-order valence-electron chi connectivity index (χ0n) is 8.69. The Morgan fingerprint density at radius 3 is 3.06 bits per heavy atom. The molecular weight excluding hydrogens is 208 g/mol. The lowest BCUT2D eigenvalue weighted by Crippen LogP contribution is -2.20. The van der Waals surface area contributed by atoms with Gasteiger partial charge in [-0.15, -0.1) is 0 Å². The Labute approximate surface area is 92.5 Å². The topological polar surface area (TPSA) is 79.3 Å². The van der Waals surface area contributed by atoms with E-state index in [2.05, 4.69) is 10.3 Å². The van der Waals surface area contributed by atoms with Crippen LogP contribution in [0.4, 0.5) is 5.82 Å². The summed E-state index contributed by atoms with van der Waals surface area (Å²) in [6, 6.07) is 1.92. The Bertz CT molecular complexity index is 443. The monoisotopic (exact) mass is 220 g/mol. The fraction of sp³-hybridized carbons (Fsp3) is 0.364. The molecule has 16 heavy (non-hydrogen) atoms. The number of carboxylic acid groups (broad SMARTS) is 1. The fourth-order valence-electron chi connectivity index (χ4n) is 1.69. The number of aromatic nitrogens is 1. The first-order chi connectivity index (χ1) is 7.65. The molecule has 0 fully saturated rings. The van der Waals surface area contributed by atoms with Crippen molar-refractivity contribution in [2.24, 2.45) is 0 Å². The van der Waals surface area contributed by atoms with Crippen LogP contribution >= 0.6 is 0 Å². The summed E-state index contributed by atoms with van der Waals surface area (Å²) in [5, 5.41) is 11.3. The minimum Gasteiger partial charge on any atom is -0.481 e. The molecule has 1 aliphatic rings. The second kappa shape index (κ2) is 4.30.